The number of likely N-dealkylation sites (N-methyl/N-ethyl adjacent to an activating group) is 1. The molecule has 0 saturated carbocycles. The first-order chi connectivity index (χ1) is 10.7. The van der Waals surface area contributed by atoms with Gasteiger partial charge in [-0.1, -0.05) is 25.4 Å². The Labute approximate surface area is 143 Å². The summed E-state index contributed by atoms with van der Waals surface area (Å²) >= 11 is 5.97. The minimum Gasteiger partial charge on any atom is -0.351 e. The molecule has 0 saturated heterocycles. The number of amides is 1. The van der Waals surface area contributed by atoms with Crippen LogP contribution < -0.4 is 5.32 Å². The molecule has 0 unspecified atom stereocenters. The molecule has 0 bridgehead atoms. The highest BCUT2D eigenvalue weighted by Crippen LogP contribution is 2.24. The fourth-order valence-corrected chi connectivity index (χ4v) is 3.40. The number of hydrogen-bond acceptors (Lipinski definition) is 4. The van der Waals surface area contributed by atoms with Crippen LogP contribution in [0.3, 0.4) is 0 Å². The van der Waals surface area contributed by atoms with E-state index in [0.717, 1.165) is 23.9 Å². The molecule has 0 spiro atoms. The molecule has 0 aromatic heterocycles. The van der Waals surface area contributed by atoms with Crippen molar-refractivity contribution in [2.45, 2.75) is 18.7 Å². The predicted octanol–water partition coefficient (Wildman–Crippen LogP) is 1.66. The largest absolute Gasteiger partial charge is 0.351 e. The molecule has 8 heteroatoms. The Morgan fingerprint density at radius 3 is 2.35 bits per heavy atom. The molecule has 0 aliphatic carbocycles. The summed E-state index contributed by atoms with van der Waals surface area (Å²) in [5.74, 6) is -0.316. The molecule has 0 fully saturated rings. The number of carbonyl (C=O) groups is 1. The van der Waals surface area contributed by atoms with Crippen LogP contribution in [0.2, 0.25) is 5.02 Å². The first kappa shape index (κ1) is 19.9. The average Bonchev–Trinajstić information content (AvgIpc) is 2.51. The molecule has 0 aliphatic heterocycles. The molecule has 0 aliphatic rings. The lowest BCUT2D eigenvalue weighted by Crippen LogP contribution is -2.34. The summed E-state index contributed by atoms with van der Waals surface area (Å²) in [4.78, 5) is 14.3. The summed E-state index contributed by atoms with van der Waals surface area (Å²) in [6.07, 6.45) is 0. The van der Waals surface area contributed by atoms with Crippen molar-refractivity contribution in [3.8, 4) is 0 Å². The third-order valence-corrected chi connectivity index (χ3v) is 5.86. The van der Waals surface area contributed by atoms with E-state index in [2.05, 4.69) is 24.1 Å². The summed E-state index contributed by atoms with van der Waals surface area (Å²) in [6, 6.07) is 4.26. The summed E-state index contributed by atoms with van der Waals surface area (Å²) in [7, 11) is -0.854. The Hall–Kier alpha value is -1.15. The number of benzene rings is 1. The third-order valence-electron chi connectivity index (χ3n) is 3.56. The van der Waals surface area contributed by atoms with Crippen molar-refractivity contribution in [3.63, 3.8) is 0 Å². The van der Waals surface area contributed by atoms with Crippen molar-refractivity contribution < 1.29 is 13.2 Å². The van der Waals surface area contributed by atoms with Crippen LogP contribution in [0.15, 0.2) is 23.1 Å². The van der Waals surface area contributed by atoms with Gasteiger partial charge >= 0.3 is 0 Å². The summed E-state index contributed by atoms with van der Waals surface area (Å²) in [5.41, 5.74) is 0.273. The molecule has 130 valence electrons. The fraction of sp³-hybridized carbons (Fsp3) is 0.533. The van der Waals surface area contributed by atoms with Crippen LogP contribution in [0.5, 0.6) is 0 Å². The Morgan fingerprint density at radius 2 is 1.83 bits per heavy atom. The highest BCUT2D eigenvalue weighted by Gasteiger charge is 2.22. The number of sulfonamides is 1. The summed E-state index contributed by atoms with van der Waals surface area (Å²) < 4.78 is 25.5. The van der Waals surface area contributed by atoms with Gasteiger partial charge in [0.15, 0.2) is 0 Å². The molecular weight excluding hydrogens is 338 g/mol. The second-order valence-electron chi connectivity index (χ2n) is 5.22. The quantitative estimate of drug-likeness (QED) is 0.764. The van der Waals surface area contributed by atoms with Gasteiger partial charge < -0.3 is 10.2 Å². The summed E-state index contributed by atoms with van der Waals surface area (Å²) in [5, 5.41) is 2.89. The topological polar surface area (TPSA) is 69.7 Å². The van der Waals surface area contributed by atoms with E-state index in [-0.39, 0.29) is 21.4 Å². The van der Waals surface area contributed by atoms with Crippen molar-refractivity contribution in [2.24, 2.45) is 0 Å². The van der Waals surface area contributed by atoms with Crippen LogP contribution in [-0.2, 0) is 10.0 Å². The van der Waals surface area contributed by atoms with Gasteiger partial charge in [0.1, 0.15) is 4.90 Å². The average molecular weight is 362 g/mol. The van der Waals surface area contributed by atoms with E-state index in [1.165, 1.54) is 32.3 Å². The Morgan fingerprint density at radius 1 is 1.22 bits per heavy atom. The molecule has 0 radical (unpaired) electrons. The van der Waals surface area contributed by atoms with E-state index in [9.17, 15) is 13.2 Å². The minimum absolute atomic E-state index is 0.0689. The van der Waals surface area contributed by atoms with Crippen LogP contribution in [0.1, 0.15) is 24.2 Å². The lowest BCUT2D eigenvalue weighted by molar-refractivity contribution is 0.0948. The monoisotopic (exact) mass is 361 g/mol. The number of hydrogen-bond donors (Lipinski definition) is 1. The maximum Gasteiger partial charge on any atom is 0.251 e. The van der Waals surface area contributed by atoms with E-state index in [1.807, 2.05) is 0 Å². The zero-order valence-corrected chi connectivity index (χ0v) is 15.5. The zero-order valence-electron chi connectivity index (χ0n) is 14.0. The molecule has 1 amide bonds. The van der Waals surface area contributed by atoms with Gasteiger partial charge in [-0.25, -0.2) is 12.7 Å². The lowest BCUT2D eigenvalue weighted by Gasteiger charge is -2.18. The zero-order chi connectivity index (χ0) is 17.6. The van der Waals surface area contributed by atoms with Gasteiger partial charge in [-0.3, -0.25) is 4.79 Å². The Bertz CT molecular complexity index is 643. The van der Waals surface area contributed by atoms with Gasteiger partial charge in [0.05, 0.1) is 5.02 Å². The van der Waals surface area contributed by atoms with E-state index in [4.69, 9.17) is 11.6 Å². The van der Waals surface area contributed by atoms with Crippen molar-refractivity contribution in [1.82, 2.24) is 14.5 Å². The number of nitrogens with zero attached hydrogens (tertiary/aromatic N) is 2. The number of carbonyl (C=O) groups excluding carboxylic acids is 1. The van der Waals surface area contributed by atoms with Gasteiger partial charge in [-0.2, -0.15) is 0 Å². The summed E-state index contributed by atoms with van der Waals surface area (Å²) in [6.45, 7) is 7.19. The number of rotatable bonds is 8. The SMILES string of the molecule is CCN(CC)CCNC(=O)c1ccc(Cl)c(S(=O)(=O)N(C)C)c1. The van der Waals surface area contributed by atoms with Gasteiger partial charge in [-0.05, 0) is 31.3 Å². The molecule has 0 heterocycles. The van der Waals surface area contributed by atoms with Crippen molar-refractivity contribution in [2.75, 3.05) is 40.3 Å². The fourth-order valence-electron chi connectivity index (χ4n) is 2.01. The number of nitrogens with one attached hydrogen (secondary N) is 1. The molecule has 1 aromatic rings. The molecule has 23 heavy (non-hydrogen) atoms. The maximum atomic E-state index is 12.2. The maximum absolute atomic E-state index is 12.2. The van der Waals surface area contributed by atoms with E-state index in [1.54, 1.807) is 0 Å². The minimum atomic E-state index is -3.69. The van der Waals surface area contributed by atoms with Gasteiger partial charge in [0, 0.05) is 32.7 Å². The first-order valence-electron chi connectivity index (χ1n) is 7.46. The highest BCUT2D eigenvalue weighted by atomic mass is 35.5. The highest BCUT2D eigenvalue weighted by molar-refractivity contribution is 7.89. The van der Waals surface area contributed by atoms with Crippen LogP contribution in [-0.4, -0.2) is 63.8 Å². The van der Waals surface area contributed by atoms with Gasteiger partial charge in [0.25, 0.3) is 5.91 Å². The normalized spacial score (nSPS) is 12.0. The van der Waals surface area contributed by atoms with Crippen LogP contribution in [0.4, 0.5) is 0 Å². The van der Waals surface area contributed by atoms with Gasteiger partial charge in [-0.15, -0.1) is 0 Å². The smallest absolute Gasteiger partial charge is 0.251 e. The third kappa shape index (κ3) is 5.17. The van der Waals surface area contributed by atoms with Crippen LogP contribution in [0.25, 0.3) is 0 Å². The molecular formula is C15H24ClN3O3S. The number of halogens is 1. The Kier molecular flexibility index (Phi) is 7.47. The Balaban J connectivity index is 2.88. The first-order valence-corrected chi connectivity index (χ1v) is 9.28. The van der Waals surface area contributed by atoms with Crippen LogP contribution >= 0.6 is 11.6 Å². The van der Waals surface area contributed by atoms with E-state index in [0.29, 0.717) is 6.54 Å². The van der Waals surface area contributed by atoms with Crippen molar-refractivity contribution in [3.05, 3.63) is 28.8 Å². The molecule has 1 rings (SSSR count). The second-order valence-corrected chi connectivity index (χ2v) is 7.74. The molecule has 0 atom stereocenters. The second kappa shape index (κ2) is 8.63. The van der Waals surface area contributed by atoms with E-state index >= 15 is 0 Å². The van der Waals surface area contributed by atoms with Gasteiger partial charge in [0.2, 0.25) is 10.0 Å². The standard InChI is InChI=1S/C15H24ClN3O3S/c1-5-19(6-2)10-9-17-15(20)12-7-8-13(16)14(11-12)23(21,22)18(3)4/h7-8,11H,5-6,9-10H2,1-4H3,(H,17,20). The lowest BCUT2D eigenvalue weighted by atomic mass is 10.2. The molecule has 1 N–H and O–H groups in total. The van der Waals surface area contributed by atoms with Crippen molar-refractivity contribution >= 4 is 27.5 Å². The van der Waals surface area contributed by atoms with Crippen molar-refractivity contribution in [1.29, 1.82) is 0 Å². The molecule has 6 nitrogen and oxygen atoms in total. The van der Waals surface area contributed by atoms with E-state index < -0.39 is 10.0 Å². The molecule has 1 aromatic carbocycles. The van der Waals surface area contributed by atoms with Crippen LogP contribution in [0, 0.1) is 0 Å². The predicted molar refractivity (Wildman–Crippen MR) is 92.4 cm³/mol.